The van der Waals surface area contributed by atoms with E-state index >= 15 is 0 Å². The number of sulfone groups is 1. The van der Waals surface area contributed by atoms with Crippen LogP contribution < -0.4 is 9.86 Å². The van der Waals surface area contributed by atoms with Gasteiger partial charge in [-0.2, -0.15) is 0 Å². The number of benzene rings is 1. The average molecular weight is 352 g/mol. The SMILES string of the molecule is NS(=O)(=O)c1ccccc1S(=O)(=O)NC1C=CS(=O)(=O)C1. The largest absolute Gasteiger partial charge is 0.242 e. The maximum absolute atomic E-state index is 12.2. The molecule has 116 valence electrons. The Morgan fingerprint density at radius 2 is 1.67 bits per heavy atom. The third kappa shape index (κ3) is 3.68. The predicted molar refractivity (Wildman–Crippen MR) is 74.9 cm³/mol. The van der Waals surface area contributed by atoms with E-state index in [1.165, 1.54) is 18.2 Å². The summed E-state index contributed by atoms with van der Waals surface area (Å²) in [6.45, 7) is 0. The van der Waals surface area contributed by atoms with Crippen LogP contribution in [0.3, 0.4) is 0 Å². The molecule has 0 spiro atoms. The Labute approximate surface area is 122 Å². The first kappa shape index (κ1) is 16.1. The maximum Gasteiger partial charge on any atom is 0.242 e. The Balaban J connectivity index is 2.41. The number of nitrogens with two attached hydrogens (primary N) is 1. The number of sulfonamides is 2. The molecule has 1 atom stereocenters. The number of nitrogens with one attached hydrogen (secondary N) is 1. The third-order valence-electron chi connectivity index (χ3n) is 2.68. The minimum atomic E-state index is -4.23. The Morgan fingerprint density at radius 1 is 1.10 bits per heavy atom. The molecule has 1 aromatic rings. The third-order valence-corrected chi connectivity index (χ3v) is 6.72. The van der Waals surface area contributed by atoms with E-state index < -0.39 is 51.5 Å². The molecular weight excluding hydrogens is 340 g/mol. The summed E-state index contributed by atoms with van der Waals surface area (Å²) in [5, 5.41) is 5.88. The highest BCUT2D eigenvalue weighted by Crippen LogP contribution is 2.20. The molecule has 0 amide bonds. The van der Waals surface area contributed by atoms with Gasteiger partial charge >= 0.3 is 0 Å². The van der Waals surface area contributed by atoms with Crippen molar-refractivity contribution >= 4 is 29.9 Å². The summed E-state index contributed by atoms with van der Waals surface area (Å²) in [5.41, 5.74) is 0. The molecule has 0 aliphatic carbocycles. The molecular formula is C10H12N2O6S3. The molecule has 1 unspecified atom stereocenters. The summed E-state index contributed by atoms with van der Waals surface area (Å²) in [5.74, 6) is -0.413. The standard InChI is InChI=1S/C10H12N2O6S3/c11-20(15,16)9-3-1-2-4-10(9)21(17,18)12-8-5-6-19(13,14)7-8/h1-6,8,12H,7H2,(H2,11,15,16). The van der Waals surface area contributed by atoms with Crippen LogP contribution in [0.5, 0.6) is 0 Å². The predicted octanol–water partition coefficient (Wildman–Crippen LogP) is -1.08. The summed E-state index contributed by atoms with van der Waals surface area (Å²) in [6.07, 6.45) is 1.19. The molecule has 1 aliphatic rings. The number of hydrogen-bond donors (Lipinski definition) is 2. The van der Waals surface area contributed by atoms with Crippen molar-refractivity contribution in [2.75, 3.05) is 5.75 Å². The van der Waals surface area contributed by atoms with Gasteiger partial charge in [0.25, 0.3) is 0 Å². The molecule has 11 heteroatoms. The Bertz CT molecular complexity index is 900. The fourth-order valence-corrected chi connectivity index (χ4v) is 5.73. The molecule has 0 aromatic heterocycles. The first-order chi connectivity index (χ1) is 9.51. The van der Waals surface area contributed by atoms with Gasteiger partial charge in [-0.05, 0) is 12.1 Å². The van der Waals surface area contributed by atoms with Crippen LogP contribution in [0.15, 0.2) is 45.5 Å². The molecule has 0 saturated carbocycles. The molecule has 3 N–H and O–H groups in total. The fraction of sp³-hybridized carbons (Fsp3) is 0.200. The number of rotatable bonds is 4. The van der Waals surface area contributed by atoms with Crippen LogP contribution in [0.25, 0.3) is 0 Å². The molecule has 2 rings (SSSR count). The minimum Gasteiger partial charge on any atom is -0.225 e. The summed E-state index contributed by atoms with van der Waals surface area (Å²) >= 11 is 0. The quantitative estimate of drug-likeness (QED) is 0.706. The van der Waals surface area contributed by atoms with Crippen molar-refractivity contribution in [2.24, 2.45) is 5.14 Å². The van der Waals surface area contributed by atoms with Gasteiger partial charge in [0.15, 0.2) is 9.84 Å². The summed E-state index contributed by atoms with van der Waals surface area (Å²) < 4.78 is 71.9. The van der Waals surface area contributed by atoms with E-state index in [4.69, 9.17) is 5.14 Å². The van der Waals surface area contributed by atoms with Crippen LogP contribution in [0.4, 0.5) is 0 Å². The van der Waals surface area contributed by atoms with Gasteiger partial charge < -0.3 is 0 Å². The second kappa shape index (κ2) is 5.18. The van der Waals surface area contributed by atoms with E-state index in [1.807, 2.05) is 0 Å². The summed E-state index contributed by atoms with van der Waals surface area (Å²) in [4.78, 5) is -1.08. The molecule has 1 aliphatic heterocycles. The topological polar surface area (TPSA) is 140 Å². The highest BCUT2D eigenvalue weighted by Gasteiger charge is 2.29. The lowest BCUT2D eigenvalue weighted by molar-refractivity contribution is 0.568. The van der Waals surface area contributed by atoms with Gasteiger partial charge in [-0.15, -0.1) is 0 Å². The Morgan fingerprint density at radius 3 is 2.14 bits per heavy atom. The minimum absolute atomic E-state index is 0.413. The van der Waals surface area contributed by atoms with Crippen LogP contribution in [-0.4, -0.2) is 37.0 Å². The monoisotopic (exact) mass is 352 g/mol. The zero-order valence-electron chi connectivity index (χ0n) is 10.5. The molecule has 1 heterocycles. The van der Waals surface area contributed by atoms with Crippen LogP contribution in [0.2, 0.25) is 0 Å². The zero-order valence-corrected chi connectivity index (χ0v) is 12.9. The van der Waals surface area contributed by atoms with E-state index in [0.29, 0.717) is 0 Å². The lowest BCUT2D eigenvalue weighted by Gasteiger charge is -2.13. The first-order valence-corrected chi connectivity index (χ1v) is 10.3. The molecule has 0 saturated heterocycles. The van der Waals surface area contributed by atoms with Crippen molar-refractivity contribution in [3.63, 3.8) is 0 Å². The maximum atomic E-state index is 12.2. The van der Waals surface area contributed by atoms with E-state index in [-0.39, 0.29) is 0 Å². The average Bonchev–Trinajstić information content (AvgIpc) is 2.67. The van der Waals surface area contributed by atoms with Crippen molar-refractivity contribution in [3.05, 3.63) is 35.7 Å². The van der Waals surface area contributed by atoms with Gasteiger partial charge in [0.1, 0.15) is 9.79 Å². The Hall–Kier alpha value is -1.27. The number of primary sulfonamides is 1. The van der Waals surface area contributed by atoms with Gasteiger partial charge in [0.2, 0.25) is 20.0 Å². The second-order valence-corrected chi connectivity index (χ2v) is 9.52. The summed E-state index contributed by atoms with van der Waals surface area (Å²) in [6, 6.07) is 3.86. The van der Waals surface area contributed by atoms with E-state index in [9.17, 15) is 25.3 Å². The van der Waals surface area contributed by atoms with Crippen LogP contribution in [-0.2, 0) is 29.9 Å². The molecule has 0 fully saturated rings. The van der Waals surface area contributed by atoms with Crippen LogP contribution in [0, 0.1) is 0 Å². The van der Waals surface area contributed by atoms with E-state index in [1.54, 1.807) is 0 Å². The normalized spacial score (nSPS) is 21.5. The molecule has 8 nitrogen and oxygen atoms in total. The molecule has 0 radical (unpaired) electrons. The van der Waals surface area contributed by atoms with Gasteiger partial charge in [0, 0.05) is 5.41 Å². The van der Waals surface area contributed by atoms with E-state index in [2.05, 4.69) is 4.72 Å². The fourth-order valence-electron chi connectivity index (χ4n) is 1.82. The first-order valence-electron chi connectivity index (χ1n) is 5.56. The number of hydrogen-bond acceptors (Lipinski definition) is 6. The van der Waals surface area contributed by atoms with Gasteiger partial charge in [0.05, 0.1) is 11.8 Å². The lowest BCUT2D eigenvalue weighted by atomic mass is 10.4. The Kier molecular flexibility index (Phi) is 3.97. The molecule has 1 aromatic carbocycles. The van der Waals surface area contributed by atoms with Gasteiger partial charge in [-0.1, -0.05) is 18.2 Å². The summed E-state index contributed by atoms with van der Waals surface area (Å²) in [7, 11) is -11.9. The van der Waals surface area contributed by atoms with Gasteiger partial charge in [-0.3, -0.25) is 0 Å². The second-order valence-electron chi connectivity index (χ2n) is 4.38. The highest BCUT2D eigenvalue weighted by molar-refractivity contribution is 7.95. The van der Waals surface area contributed by atoms with Crippen molar-refractivity contribution in [3.8, 4) is 0 Å². The highest BCUT2D eigenvalue weighted by atomic mass is 32.2. The zero-order chi connectivity index (χ0) is 15.9. The van der Waals surface area contributed by atoms with Crippen molar-refractivity contribution in [2.45, 2.75) is 15.8 Å². The molecule has 0 bridgehead atoms. The van der Waals surface area contributed by atoms with Crippen LogP contribution in [0.1, 0.15) is 0 Å². The molecule has 21 heavy (non-hydrogen) atoms. The van der Waals surface area contributed by atoms with Gasteiger partial charge in [-0.25, -0.2) is 35.1 Å². The smallest absolute Gasteiger partial charge is 0.225 e. The lowest BCUT2D eigenvalue weighted by Crippen LogP contribution is -2.36. The van der Waals surface area contributed by atoms with Crippen molar-refractivity contribution in [1.29, 1.82) is 0 Å². The van der Waals surface area contributed by atoms with E-state index in [0.717, 1.165) is 17.5 Å². The van der Waals surface area contributed by atoms with Crippen molar-refractivity contribution in [1.82, 2.24) is 4.72 Å². The van der Waals surface area contributed by atoms with Crippen LogP contribution >= 0.6 is 0 Å². The van der Waals surface area contributed by atoms with Crippen molar-refractivity contribution < 1.29 is 25.3 Å².